The molecule has 3 heteroatoms. The highest BCUT2D eigenvalue weighted by Gasteiger charge is 2.11. The Morgan fingerprint density at radius 3 is 3.19 bits per heavy atom. The monoisotopic (exact) mass is 232 g/mol. The summed E-state index contributed by atoms with van der Waals surface area (Å²) in [6.07, 6.45) is 1.81. The Bertz CT molecular complexity index is 409. The molecule has 0 fully saturated rings. The second-order valence-electron chi connectivity index (χ2n) is 4.04. The topological polar surface area (TPSA) is 35.8 Å². The molecule has 0 amide bonds. The number of anilines is 1. The number of benzene rings is 1. The highest BCUT2D eigenvalue weighted by Crippen LogP contribution is 2.32. The Kier molecular flexibility index (Phi) is 3.74. The van der Waals surface area contributed by atoms with Gasteiger partial charge in [0.2, 0.25) is 0 Å². The van der Waals surface area contributed by atoms with Crippen molar-refractivity contribution in [1.29, 1.82) is 5.26 Å². The summed E-state index contributed by atoms with van der Waals surface area (Å²) in [6.45, 7) is 3.12. The summed E-state index contributed by atoms with van der Waals surface area (Å²) < 4.78 is 0. The zero-order valence-electron chi connectivity index (χ0n) is 9.49. The van der Waals surface area contributed by atoms with Gasteiger partial charge in [0, 0.05) is 22.9 Å². The first kappa shape index (κ1) is 11.3. The molecule has 0 spiro atoms. The Labute approximate surface area is 101 Å². The number of hydrogen-bond donors (Lipinski definition) is 1. The van der Waals surface area contributed by atoms with Crippen LogP contribution in [0, 0.1) is 17.2 Å². The average Bonchev–Trinajstić information content (AvgIpc) is 2.35. The van der Waals surface area contributed by atoms with E-state index in [4.69, 9.17) is 5.26 Å². The number of hydrogen-bond acceptors (Lipinski definition) is 3. The molecule has 2 nitrogen and oxygen atoms in total. The van der Waals surface area contributed by atoms with E-state index in [1.54, 1.807) is 0 Å². The van der Waals surface area contributed by atoms with E-state index in [9.17, 15) is 0 Å². The molecule has 1 aliphatic heterocycles. The van der Waals surface area contributed by atoms with E-state index >= 15 is 0 Å². The van der Waals surface area contributed by atoms with Crippen molar-refractivity contribution < 1.29 is 0 Å². The molecule has 16 heavy (non-hydrogen) atoms. The van der Waals surface area contributed by atoms with Crippen LogP contribution in [0.2, 0.25) is 0 Å². The van der Waals surface area contributed by atoms with E-state index < -0.39 is 0 Å². The lowest BCUT2D eigenvalue weighted by Gasteiger charge is -2.18. The first-order chi connectivity index (χ1) is 7.83. The first-order valence-electron chi connectivity index (χ1n) is 5.72. The molecule has 2 rings (SSSR count). The van der Waals surface area contributed by atoms with Crippen molar-refractivity contribution in [3.63, 3.8) is 0 Å². The van der Waals surface area contributed by atoms with Gasteiger partial charge in [-0.2, -0.15) is 5.26 Å². The largest absolute Gasteiger partial charge is 0.383 e. The second kappa shape index (κ2) is 5.27. The number of rotatable bonds is 3. The molecule has 1 aromatic rings. The summed E-state index contributed by atoms with van der Waals surface area (Å²) in [7, 11) is 0. The normalized spacial score (nSPS) is 15.8. The number of nitrogens with zero attached hydrogens (tertiary/aromatic N) is 1. The van der Waals surface area contributed by atoms with Gasteiger partial charge in [0.25, 0.3) is 0 Å². The van der Waals surface area contributed by atoms with E-state index in [0.717, 1.165) is 25.1 Å². The molecule has 1 aromatic carbocycles. The van der Waals surface area contributed by atoms with Gasteiger partial charge in [0.05, 0.1) is 12.0 Å². The Balaban J connectivity index is 2.14. The fourth-order valence-corrected chi connectivity index (χ4v) is 2.83. The van der Waals surface area contributed by atoms with Crippen LogP contribution in [0.4, 0.5) is 5.69 Å². The third-order valence-corrected chi connectivity index (χ3v) is 3.94. The van der Waals surface area contributed by atoms with Crippen LogP contribution in [0.3, 0.4) is 0 Å². The van der Waals surface area contributed by atoms with Crippen LogP contribution in [-0.2, 0) is 6.42 Å². The third kappa shape index (κ3) is 2.51. The number of nitrogens with one attached hydrogen (secondary N) is 1. The second-order valence-corrected chi connectivity index (χ2v) is 5.18. The highest BCUT2D eigenvalue weighted by atomic mass is 32.2. The molecule has 0 aromatic heterocycles. The number of fused-ring (bicyclic) bond motifs is 1. The van der Waals surface area contributed by atoms with Gasteiger partial charge in [0.15, 0.2) is 0 Å². The van der Waals surface area contributed by atoms with Crippen molar-refractivity contribution in [3.05, 3.63) is 23.8 Å². The lowest BCUT2D eigenvalue weighted by molar-refractivity contribution is 0.637. The fourth-order valence-electron chi connectivity index (χ4n) is 1.87. The maximum absolute atomic E-state index is 8.96. The van der Waals surface area contributed by atoms with Crippen LogP contribution >= 0.6 is 11.8 Å². The van der Waals surface area contributed by atoms with Gasteiger partial charge < -0.3 is 5.32 Å². The molecule has 1 N–H and O–H groups in total. The smallest absolute Gasteiger partial charge is 0.0659 e. The predicted octanol–water partition coefficient (Wildman–Crippen LogP) is 3.30. The van der Waals surface area contributed by atoms with Crippen molar-refractivity contribution in [2.24, 2.45) is 5.92 Å². The van der Waals surface area contributed by atoms with Crippen LogP contribution in [0.1, 0.15) is 18.9 Å². The van der Waals surface area contributed by atoms with Crippen molar-refractivity contribution in [3.8, 4) is 6.07 Å². The van der Waals surface area contributed by atoms with Gasteiger partial charge in [-0.05, 0) is 30.5 Å². The molecule has 1 aliphatic rings. The first-order valence-corrected chi connectivity index (χ1v) is 6.71. The quantitative estimate of drug-likeness (QED) is 0.868. The minimum absolute atomic E-state index is 0.152. The highest BCUT2D eigenvalue weighted by molar-refractivity contribution is 7.99. The van der Waals surface area contributed by atoms with Crippen LogP contribution in [0.25, 0.3) is 0 Å². The standard InChI is InChI=1S/C13H16N2S/c1-2-10(9-14)7-11-3-4-12-13(8-11)16-6-5-15-12/h3-4,8,10,15H,2,5-7H2,1H3. The molecular formula is C13H16N2S. The number of thioether (sulfide) groups is 1. The summed E-state index contributed by atoms with van der Waals surface area (Å²) in [4.78, 5) is 1.33. The van der Waals surface area contributed by atoms with E-state index in [0.29, 0.717) is 0 Å². The third-order valence-electron chi connectivity index (χ3n) is 2.88. The molecule has 1 heterocycles. The minimum Gasteiger partial charge on any atom is -0.383 e. The Morgan fingerprint density at radius 2 is 2.44 bits per heavy atom. The van der Waals surface area contributed by atoms with Crippen LogP contribution in [0.15, 0.2) is 23.1 Å². The van der Waals surface area contributed by atoms with Crippen LogP contribution in [-0.4, -0.2) is 12.3 Å². The molecule has 1 atom stereocenters. The van der Waals surface area contributed by atoms with Gasteiger partial charge in [-0.25, -0.2) is 0 Å². The molecule has 84 valence electrons. The van der Waals surface area contributed by atoms with Gasteiger partial charge in [-0.1, -0.05) is 13.0 Å². The lowest BCUT2D eigenvalue weighted by atomic mass is 9.98. The van der Waals surface area contributed by atoms with Crippen molar-refractivity contribution in [1.82, 2.24) is 0 Å². The van der Waals surface area contributed by atoms with Gasteiger partial charge in [0.1, 0.15) is 0 Å². The van der Waals surface area contributed by atoms with E-state index in [1.807, 2.05) is 11.8 Å². The van der Waals surface area contributed by atoms with Crippen LogP contribution < -0.4 is 5.32 Å². The molecule has 0 bridgehead atoms. The van der Waals surface area contributed by atoms with Crippen molar-refractivity contribution in [2.45, 2.75) is 24.7 Å². The van der Waals surface area contributed by atoms with Crippen molar-refractivity contribution >= 4 is 17.4 Å². The van der Waals surface area contributed by atoms with Gasteiger partial charge in [-0.15, -0.1) is 11.8 Å². The minimum atomic E-state index is 0.152. The summed E-state index contributed by atoms with van der Waals surface area (Å²) in [5.74, 6) is 1.28. The zero-order valence-corrected chi connectivity index (χ0v) is 10.3. The average molecular weight is 232 g/mol. The summed E-state index contributed by atoms with van der Waals surface area (Å²) >= 11 is 1.90. The van der Waals surface area contributed by atoms with Crippen LogP contribution in [0.5, 0.6) is 0 Å². The summed E-state index contributed by atoms with van der Waals surface area (Å²) in [5, 5.41) is 12.3. The maximum Gasteiger partial charge on any atom is 0.0659 e. The Hall–Kier alpha value is -1.14. The molecule has 0 saturated heterocycles. The van der Waals surface area contributed by atoms with E-state index in [-0.39, 0.29) is 5.92 Å². The molecule has 0 saturated carbocycles. The van der Waals surface area contributed by atoms with Crippen molar-refractivity contribution in [2.75, 3.05) is 17.6 Å². The van der Waals surface area contributed by atoms with E-state index in [1.165, 1.54) is 16.1 Å². The molecular weight excluding hydrogens is 216 g/mol. The number of nitriles is 1. The summed E-state index contributed by atoms with van der Waals surface area (Å²) in [6, 6.07) is 8.86. The summed E-state index contributed by atoms with van der Waals surface area (Å²) in [5.41, 5.74) is 2.52. The molecule has 0 radical (unpaired) electrons. The maximum atomic E-state index is 8.96. The molecule has 0 aliphatic carbocycles. The van der Waals surface area contributed by atoms with Gasteiger partial charge >= 0.3 is 0 Å². The lowest BCUT2D eigenvalue weighted by Crippen LogP contribution is -2.10. The zero-order chi connectivity index (χ0) is 11.4. The SMILES string of the molecule is CCC(C#N)Cc1ccc2c(c1)SCCN2. The van der Waals surface area contributed by atoms with Gasteiger partial charge in [-0.3, -0.25) is 0 Å². The fraction of sp³-hybridized carbons (Fsp3) is 0.462. The molecule has 1 unspecified atom stereocenters. The Morgan fingerprint density at radius 1 is 1.56 bits per heavy atom. The predicted molar refractivity (Wildman–Crippen MR) is 68.8 cm³/mol. The van der Waals surface area contributed by atoms with E-state index in [2.05, 4.69) is 36.5 Å².